The number of hydrogen-bond donors (Lipinski definition) is 3. The van der Waals surface area contributed by atoms with Gasteiger partial charge in [0.05, 0.1) is 28.1 Å². The highest BCUT2D eigenvalue weighted by Crippen LogP contribution is 2.30. The molecule has 0 heterocycles. The number of ether oxygens (including phenoxy) is 2. The van der Waals surface area contributed by atoms with E-state index < -0.39 is 61.8 Å². The van der Waals surface area contributed by atoms with Gasteiger partial charge in [-0.1, -0.05) is 12.1 Å². The van der Waals surface area contributed by atoms with Crippen LogP contribution in [-0.2, 0) is 10.0 Å². The van der Waals surface area contributed by atoms with Gasteiger partial charge in [-0.15, -0.1) is 0 Å². The number of nitrogens with zero attached hydrogens (tertiary/aromatic N) is 2. The molecule has 0 spiro atoms. The van der Waals surface area contributed by atoms with Crippen molar-refractivity contribution in [3.05, 3.63) is 81.9 Å². The number of nitro benzene ring substituents is 1. The number of halogens is 4. The Labute approximate surface area is 216 Å². The van der Waals surface area contributed by atoms with Crippen LogP contribution in [0.4, 0.5) is 34.6 Å². The summed E-state index contributed by atoms with van der Waals surface area (Å²) in [6.07, 6.45) is 0.884. The molecule has 0 fully saturated rings. The van der Waals surface area contributed by atoms with Gasteiger partial charge in [-0.3, -0.25) is 20.3 Å². The molecule has 17 heteroatoms. The predicted octanol–water partition coefficient (Wildman–Crippen LogP) is 4.74. The minimum atomic E-state index is -4.66. The van der Waals surface area contributed by atoms with Gasteiger partial charge in [0.25, 0.3) is 15.7 Å². The summed E-state index contributed by atoms with van der Waals surface area (Å²) in [5.74, 6) is -2.53. The van der Waals surface area contributed by atoms with Crippen LogP contribution >= 0.6 is 0 Å². The Bertz CT molecular complexity index is 1520. The maximum absolute atomic E-state index is 13.1. The number of benzene rings is 3. The van der Waals surface area contributed by atoms with Crippen LogP contribution < -0.4 is 19.6 Å². The molecule has 3 aromatic carbocycles. The fourth-order valence-electron chi connectivity index (χ4n) is 3.06. The first-order chi connectivity index (χ1) is 18.4. The number of nitro groups is 1. The molecular weight excluding hydrogens is 556 g/mol. The quantitative estimate of drug-likeness (QED) is 0.120. The third-order valence-corrected chi connectivity index (χ3v) is 6.09. The molecule has 3 N–H and O–H groups in total. The van der Waals surface area contributed by atoms with E-state index in [2.05, 4.69) is 24.7 Å². The average Bonchev–Trinajstić information content (AvgIpc) is 2.84. The first-order valence-electron chi connectivity index (χ1n) is 10.3. The Morgan fingerprint density at radius 3 is 2.33 bits per heavy atom. The summed E-state index contributed by atoms with van der Waals surface area (Å²) in [5.41, 5.74) is 0.459. The number of anilines is 2. The van der Waals surface area contributed by atoms with Gasteiger partial charge in [0.1, 0.15) is 16.4 Å². The van der Waals surface area contributed by atoms with E-state index >= 15 is 0 Å². The second-order valence-electron chi connectivity index (χ2n) is 7.22. The van der Waals surface area contributed by atoms with E-state index in [4.69, 9.17) is 0 Å². The van der Waals surface area contributed by atoms with E-state index in [0.717, 1.165) is 48.7 Å². The molecule has 12 nitrogen and oxygen atoms in total. The lowest BCUT2D eigenvalue weighted by atomic mass is 10.2. The van der Waals surface area contributed by atoms with Gasteiger partial charge in [-0.05, 0) is 30.3 Å². The first-order valence-corrected chi connectivity index (χ1v) is 11.8. The van der Waals surface area contributed by atoms with Crippen molar-refractivity contribution < 1.29 is 50.3 Å². The molecule has 3 rings (SSSR count). The van der Waals surface area contributed by atoms with Crippen LogP contribution in [0.25, 0.3) is 0 Å². The summed E-state index contributed by atoms with van der Waals surface area (Å²) in [7, 11) is -4.66. The third-order valence-electron chi connectivity index (χ3n) is 4.68. The molecule has 0 aromatic heterocycles. The van der Waals surface area contributed by atoms with E-state index in [1.54, 1.807) is 0 Å². The Hall–Kier alpha value is -4.93. The molecule has 3 aromatic rings. The fourth-order valence-corrected chi connectivity index (χ4v) is 4.32. The van der Waals surface area contributed by atoms with Crippen LogP contribution in [0.15, 0.2) is 70.7 Å². The lowest BCUT2D eigenvalue weighted by Crippen LogP contribution is -2.17. The number of hydrazone groups is 1. The van der Waals surface area contributed by atoms with Gasteiger partial charge in [0.2, 0.25) is 0 Å². The number of rotatable bonds is 12. The topological polar surface area (TPSA) is 169 Å². The minimum Gasteiger partial charge on any atom is -0.478 e. The molecule has 0 aliphatic rings. The summed E-state index contributed by atoms with van der Waals surface area (Å²) >= 11 is 0. The minimum absolute atomic E-state index is 0.163. The second-order valence-corrected chi connectivity index (χ2v) is 8.87. The highest BCUT2D eigenvalue weighted by molar-refractivity contribution is 7.93. The van der Waals surface area contributed by atoms with E-state index in [1.807, 2.05) is 0 Å². The lowest BCUT2D eigenvalue weighted by molar-refractivity contribution is -0.385. The van der Waals surface area contributed by atoms with Crippen molar-refractivity contribution >= 4 is 39.3 Å². The molecule has 39 heavy (non-hydrogen) atoms. The van der Waals surface area contributed by atoms with Gasteiger partial charge in [0, 0.05) is 23.8 Å². The number of sulfonamides is 1. The van der Waals surface area contributed by atoms with Crippen molar-refractivity contribution in [1.29, 1.82) is 0 Å². The van der Waals surface area contributed by atoms with Crippen LogP contribution in [0.3, 0.4) is 0 Å². The second kappa shape index (κ2) is 12.1. The summed E-state index contributed by atoms with van der Waals surface area (Å²) in [6.45, 7) is -6.57. The lowest BCUT2D eigenvalue weighted by Gasteiger charge is -2.13. The number of alkyl halides is 4. The third kappa shape index (κ3) is 7.54. The Balaban J connectivity index is 1.97. The SMILES string of the molecule is O=C(O)c1ccccc1NS(=O)(=O)c1cc([N+](=O)[O-])ccc1N/N=C\c1ccc(OC(F)F)cc1OC(F)F. The summed E-state index contributed by atoms with van der Waals surface area (Å²) in [5, 5.41) is 24.3. The maximum atomic E-state index is 13.1. The molecule has 206 valence electrons. The van der Waals surface area contributed by atoms with Crippen molar-refractivity contribution in [3.63, 3.8) is 0 Å². The Morgan fingerprint density at radius 2 is 1.69 bits per heavy atom. The summed E-state index contributed by atoms with van der Waals surface area (Å²) in [4.78, 5) is 21.1. The Morgan fingerprint density at radius 1 is 1.00 bits per heavy atom. The molecule has 0 unspecified atom stereocenters. The number of nitrogens with one attached hydrogen (secondary N) is 2. The molecule has 0 saturated carbocycles. The van der Waals surface area contributed by atoms with Gasteiger partial charge < -0.3 is 14.6 Å². The van der Waals surface area contributed by atoms with E-state index in [9.17, 15) is 46.0 Å². The molecular formula is C22H16F4N4O8S. The van der Waals surface area contributed by atoms with E-state index in [-0.39, 0.29) is 16.9 Å². The van der Waals surface area contributed by atoms with Crippen LogP contribution in [0.2, 0.25) is 0 Å². The smallest absolute Gasteiger partial charge is 0.387 e. The van der Waals surface area contributed by atoms with E-state index in [0.29, 0.717) is 6.07 Å². The highest BCUT2D eigenvalue weighted by Gasteiger charge is 2.24. The number of aromatic carboxylic acids is 1. The average molecular weight is 572 g/mol. The van der Waals surface area contributed by atoms with Crippen molar-refractivity contribution in [2.24, 2.45) is 5.10 Å². The summed E-state index contributed by atoms with van der Waals surface area (Å²) in [6, 6.07) is 10.5. The number of hydrogen-bond acceptors (Lipinski definition) is 9. The molecule has 0 atom stereocenters. The number of para-hydroxylation sites is 1. The van der Waals surface area contributed by atoms with Gasteiger partial charge in [-0.2, -0.15) is 22.7 Å². The van der Waals surface area contributed by atoms with Gasteiger partial charge in [-0.25, -0.2) is 13.2 Å². The van der Waals surface area contributed by atoms with Crippen molar-refractivity contribution in [1.82, 2.24) is 0 Å². The number of carboxylic acids is 1. The fraction of sp³-hybridized carbons (Fsp3) is 0.0909. The van der Waals surface area contributed by atoms with Gasteiger partial charge in [0.15, 0.2) is 0 Å². The largest absolute Gasteiger partial charge is 0.478 e. The van der Waals surface area contributed by atoms with Crippen LogP contribution in [0.5, 0.6) is 11.5 Å². The zero-order valence-corrected chi connectivity index (χ0v) is 19.9. The van der Waals surface area contributed by atoms with Crippen molar-refractivity contribution in [2.75, 3.05) is 10.1 Å². The van der Waals surface area contributed by atoms with Crippen LogP contribution in [-0.4, -0.2) is 43.9 Å². The molecule has 0 aliphatic carbocycles. The number of carbonyl (C=O) groups is 1. The molecule has 0 aliphatic heterocycles. The molecule has 0 saturated heterocycles. The Kier molecular flexibility index (Phi) is 8.87. The van der Waals surface area contributed by atoms with Crippen LogP contribution in [0.1, 0.15) is 15.9 Å². The molecule has 0 bridgehead atoms. The zero-order valence-electron chi connectivity index (χ0n) is 19.1. The number of carboxylic acid groups (broad SMARTS) is 1. The van der Waals surface area contributed by atoms with Crippen molar-refractivity contribution in [2.45, 2.75) is 18.1 Å². The standard InChI is InChI=1S/C22H16F4N4O8S/c23-21(24)37-14-7-5-12(18(10-14)38-22(25)26)11-27-28-17-8-6-13(30(33)34)9-19(17)39(35,36)29-16-4-2-1-3-15(16)20(31)32/h1-11,21-22,28-29H,(H,31,32)/b27-11-. The molecule has 0 amide bonds. The van der Waals surface area contributed by atoms with Crippen molar-refractivity contribution in [3.8, 4) is 11.5 Å². The first kappa shape index (κ1) is 28.6. The summed E-state index contributed by atoms with van der Waals surface area (Å²) < 4.78 is 87.2. The predicted molar refractivity (Wildman–Crippen MR) is 128 cm³/mol. The zero-order chi connectivity index (χ0) is 28.7. The normalized spacial score (nSPS) is 11.5. The van der Waals surface area contributed by atoms with E-state index in [1.165, 1.54) is 12.1 Å². The highest BCUT2D eigenvalue weighted by atomic mass is 32.2. The monoisotopic (exact) mass is 572 g/mol. The molecule has 0 radical (unpaired) electrons. The maximum Gasteiger partial charge on any atom is 0.387 e. The van der Waals surface area contributed by atoms with Crippen LogP contribution in [0, 0.1) is 10.1 Å². The van der Waals surface area contributed by atoms with Gasteiger partial charge >= 0.3 is 19.2 Å². The number of non-ortho nitro benzene ring substituents is 1.